The van der Waals surface area contributed by atoms with Gasteiger partial charge in [0, 0.05) is 17.3 Å². The van der Waals surface area contributed by atoms with Gasteiger partial charge in [0.15, 0.2) is 0 Å². The summed E-state index contributed by atoms with van der Waals surface area (Å²) in [5.74, 6) is 0.908. The Morgan fingerprint density at radius 2 is 1.92 bits per heavy atom. The molecule has 1 saturated heterocycles. The molecule has 1 aliphatic heterocycles. The van der Waals surface area contributed by atoms with Gasteiger partial charge < -0.3 is 19.5 Å². The minimum Gasteiger partial charge on any atom is -0.507 e. The first-order valence-corrected chi connectivity index (χ1v) is 8.61. The van der Waals surface area contributed by atoms with E-state index in [-0.39, 0.29) is 5.75 Å². The molecule has 2 aromatic carbocycles. The number of methoxy groups -OCH3 is 1. The summed E-state index contributed by atoms with van der Waals surface area (Å²) in [5, 5.41) is 9.94. The molecule has 0 radical (unpaired) electrons. The lowest BCUT2D eigenvalue weighted by molar-refractivity contribution is -0.921. The van der Waals surface area contributed by atoms with Crippen molar-refractivity contribution >= 4 is 6.21 Å². The SMILES string of the molecule is COc1ccc(O)c(C=NCc2ccccc2C[NH+]2CCOCC2)c1. The maximum absolute atomic E-state index is 9.94. The number of nitrogens with one attached hydrogen (secondary N) is 1. The van der Waals surface area contributed by atoms with Gasteiger partial charge >= 0.3 is 0 Å². The Balaban J connectivity index is 1.68. The lowest BCUT2D eigenvalue weighted by Gasteiger charge is -2.24. The van der Waals surface area contributed by atoms with Crippen molar-refractivity contribution in [1.82, 2.24) is 0 Å². The number of benzene rings is 2. The molecule has 0 aliphatic carbocycles. The van der Waals surface area contributed by atoms with Crippen LogP contribution in [0.2, 0.25) is 0 Å². The van der Waals surface area contributed by atoms with Crippen LogP contribution in [0.25, 0.3) is 0 Å². The van der Waals surface area contributed by atoms with Crippen LogP contribution in [0.5, 0.6) is 11.5 Å². The fourth-order valence-corrected chi connectivity index (χ4v) is 3.00. The first kappa shape index (κ1) is 17.5. The molecule has 0 aromatic heterocycles. The molecule has 0 saturated carbocycles. The second-order valence-electron chi connectivity index (χ2n) is 6.20. The Bertz CT molecular complexity index is 725. The van der Waals surface area contributed by atoms with Gasteiger partial charge in [-0.2, -0.15) is 0 Å². The van der Waals surface area contributed by atoms with E-state index in [1.807, 2.05) is 6.07 Å². The number of nitrogens with zero attached hydrogens (tertiary/aromatic N) is 1. The van der Waals surface area contributed by atoms with Crippen molar-refractivity contribution < 1.29 is 19.5 Å². The lowest BCUT2D eigenvalue weighted by atomic mass is 10.1. The van der Waals surface area contributed by atoms with Crippen molar-refractivity contribution in [2.45, 2.75) is 13.1 Å². The van der Waals surface area contributed by atoms with E-state index < -0.39 is 0 Å². The van der Waals surface area contributed by atoms with Gasteiger partial charge in [0.05, 0.1) is 26.9 Å². The van der Waals surface area contributed by atoms with Crippen molar-refractivity contribution in [3.8, 4) is 11.5 Å². The Labute approximate surface area is 148 Å². The van der Waals surface area contributed by atoms with Gasteiger partial charge in [-0.3, -0.25) is 4.99 Å². The number of ether oxygens (including phenoxy) is 2. The topological polar surface area (TPSA) is 55.5 Å². The molecule has 0 atom stereocenters. The third-order valence-electron chi connectivity index (χ3n) is 4.49. The summed E-state index contributed by atoms with van der Waals surface area (Å²) in [6, 6.07) is 13.6. The minimum atomic E-state index is 0.204. The number of hydrogen-bond acceptors (Lipinski definition) is 4. The van der Waals surface area contributed by atoms with Crippen LogP contribution in [0.15, 0.2) is 47.5 Å². The van der Waals surface area contributed by atoms with E-state index in [1.54, 1.807) is 36.4 Å². The van der Waals surface area contributed by atoms with Crippen LogP contribution in [0.4, 0.5) is 0 Å². The van der Waals surface area contributed by atoms with Crippen molar-refractivity contribution in [2.75, 3.05) is 33.4 Å². The molecule has 1 fully saturated rings. The van der Waals surface area contributed by atoms with Crippen LogP contribution in [0, 0.1) is 0 Å². The molecular formula is C20H25N2O3+. The maximum atomic E-state index is 9.94. The summed E-state index contributed by atoms with van der Waals surface area (Å²) in [4.78, 5) is 6.08. The average Bonchev–Trinajstić information content (AvgIpc) is 2.65. The van der Waals surface area contributed by atoms with E-state index in [0.717, 1.165) is 32.8 Å². The number of rotatable bonds is 6. The molecule has 0 amide bonds. The minimum absolute atomic E-state index is 0.204. The van der Waals surface area contributed by atoms with E-state index in [1.165, 1.54) is 11.1 Å². The van der Waals surface area contributed by atoms with Crippen LogP contribution >= 0.6 is 0 Å². The van der Waals surface area contributed by atoms with Crippen LogP contribution in [0.1, 0.15) is 16.7 Å². The van der Waals surface area contributed by atoms with Gasteiger partial charge in [-0.05, 0) is 23.8 Å². The predicted octanol–water partition coefficient (Wildman–Crippen LogP) is 1.43. The third kappa shape index (κ3) is 4.81. The molecule has 5 nitrogen and oxygen atoms in total. The molecular weight excluding hydrogens is 316 g/mol. The molecule has 1 heterocycles. The van der Waals surface area contributed by atoms with E-state index in [2.05, 4.69) is 23.2 Å². The quantitative estimate of drug-likeness (QED) is 0.782. The molecule has 0 bridgehead atoms. The first-order valence-electron chi connectivity index (χ1n) is 8.61. The van der Waals surface area contributed by atoms with Gasteiger partial charge in [0.25, 0.3) is 0 Å². The average molecular weight is 341 g/mol. The highest BCUT2D eigenvalue weighted by Gasteiger charge is 2.15. The molecule has 132 valence electrons. The molecule has 25 heavy (non-hydrogen) atoms. The van der Waals surface area contributed by atoms with Crippen LogP contribution in [-0.2, 0) is 17.8 Å². The fraction of sp³-hybridized carbons (Fsp3) is 0.350. The zero-order valence-electron chi connectivity index (χ0n) is 14.6. The molecule has 0 spiro atoms. The van der Waals surface area contributed by atoms with Crippen molar-refractivity contribution in [2.24, 2.45) is 4.99 Å². The molecule has 3 rings (SSSR count). The standard InChI is InChI=1S/C20H24N2O3/c1-24-19-6-7-20(23)18(12-19)14-21-13-16-4-2-3-5-17(16)15-22-8-10-25-11-9-22/h2-7,12,14,23H,8-11,13,15H2,1H3/p+1. The van der Waals surface area contributed by atoms with Crippen LogP contribution in [0.3, 0.4) is 0 Å². The number of hydrogen-bond donors (Lipinski definition) is 2. The predicted molar refractivity (Wildman–Crippen MR) is 97.6 cm³/mol. The summed E-state index contributed by atoms with van der Waals surface area (Å²) in [6.07, 6.45) is 1.70. The molecule has 1 aliphatic rings. The van der Waals surface area contributed by atoms with Crippen LogP contribution in [-0.4, -0.2) is 44.7 Å². The molecule has 2 N–H and O–H groups in total. The zero-order valence-corrected chi connectivity index (χ0v) is 14.6. The second kappa shape index (κ2) is 8.65. The van der Waals surface area contributed by atoms with Crippen molar-refractivity contribution in [3.05, 3.63) is 59.2 Å². The Hall–Kier alpha value is -2.37. The van der Waals surface area contributed by atoms with Gasteiger partial charge in [-0.15, -0.1) is 0 Å². The number of phenolic OH excluding ortho intramolecular Hbond substituents is 1. The highest BCUT2D eigenvalue weighted by molar-refractivity contribution is 5.84. The van der Waals surface area contributed by atoms with E-state index in [4.69, 9.17) is 9.47 Å². The number of morpholine rings is 1. The Morgan fingerprint density at radius 1 is 1.16 bits per heavy atom. The Kier molecular flexibility index (Phi) is 6.04. The number of aromatic hydroxyl groups is 1. The lowest BCUT2D eigenvalue weighted by Crippen LogP contribution is -3.12. The van der Waals surface area contributed by atoms with E-state index in [9.17, 15) is 5.11 Å². The fourth-order valence-electron chi connectivity index (χ4n) is 3.00. The smallest absolute Gasteiger partial charge is 0.124 e. The first-order chi connectivity index (χ1) is 12.3. The molecule has 2 aromatic rings. The summed E-state index contributed by atoms with van der Waals surface area (Å²) in [6.45, 7) is 5.37. The maximum Gasteiger partial charge on any atom is 0.124 e. The van der Waals surface area contributed by atoms with Gasteiger partial charge in [-0.1, -0.05) is 24.3 Å². The number of aliphatic imine (C=N–C) groups is 1. The summed E-state index contributed by atoms with van der Waals surface area (Å²) < 4.78 is 10.6. The molecule has 0 unspecified atom stereocenters. The highest BCUT2D eigenvalue weighted by Crippen LogP contribution is 2.21. The largest absolute Gasteiger partial charge is 0.507 e. The normalized spacial score (nSPS) is 15.6. The van der Waals surface area contributed by atoms with E-state index >= 15 is 0 Å². The summed E-state index contributed by atoms with van der Waals surface area (Å²) in [7, 11) is 1.61. The highest BCUT2D eigenvalue weighted by atomic mass is 16.5. The van der Waals surface area contributed by atoms with Crippen molar-refractivity contribution in [3.63, 3.8) is 0 Å². The third-order valence-corrected chi connectivity index (χ3v) is 4.49. The van der Waals surface area contributed by atoms with Crippen LogP contribution < -0.4 is 9.64 Å². The number of phenols is 1. The molecule has 5 heteroatoms. The summed E-state index contributed by atoms with van der Waals surface area (Å²) in [5.41, 5.74) is 3.21. The van der Waals surface area contributed by atoms with Crippen molar-refractivity contribution in [1.29, 1.82) is 0 Å². The zero-order chi connectivity index (χ0) is 17.5. The monoisotopic (exact) mass is 341 g/mol. The van der Waals surface area contributed by atoms with E-state index in [0.29, 0.717) is 17.9 Å². The summed E-state index contributed by atoms with van der Waals surface area (Å²) >= 11 is 0. The Morgan fingerprint density at radius 3 is 2.68 bits per heavy atom. The van der Waals surface area contributed by atoms with Gasteiger partial charge in [0.2, 0.25) is 0 Å². The number of quaternary nitrogens is 1. The van der Waals surface area contributed by atoms with Gasteiger partial charge in [-0.25, -0.2) is 0 Å². The second-order valence-corrected chi connectivity index (χ2v) is 6.20. The van der Waals surface area contributed by atoms with Gasteiger partial charge in [0.1, 0.15) is 31.1 Å².